The number of rotatable bonds is 6. The van der Waals surface area contributed by atoms with E-state index in [9.17, 15) is 14.4 Å². The summed E-state index contributed by atoms with van der Waals surface area (Å²) >= 11 is 1.43. The minimum absolute atomic E-state index is 0.0106. The Morgan fingerprint density at radius 2 is 1.44 bits per heavy atom. The van der Waals surface area contributed by atoms with E-state index >= 15 is 0 Å². The predicted octanol–water partition coefficient (Wildman–Crippen LogP) is 5.19. The molecule has 2 N–H and O–H groups in total. The van der Waals surface area contributed by atoms with Gasteiger partial charge in [0.2, 0.25) is 11.8 Å². The lowest BCUT2D eigenvalue weighted by atomic mass is 10.2. The topological polar surface area (TPSA) is 88.4 Å². The van der Waals surface area contributed by atoms with Gasteiger partial charge in [0, 0.05) is 33.5 Å². The molecular weight excluding hydrogens is 424 g/mol. The van der Waals surface area contributed by atoms with E-state index in [0.29, 0.717) is 5.69 Å². The van der Waals surface area contributed by atoms with Crippen molar-refractivity contribution in [3.63, 3.8) is 0 Å². The molecule has 0 saturated heterocycles. The zero-order valence-electron chi connectivity index (χ0n) is 17.2. The van der Waals surface area contributed by atoms with Crippen LogP contribution in [0.2, 0.25) is 0 Å². The molecule has 1 atom stereocenters. The van der Waals surface area contributed by atoms with Gasteiger partial charge >= 0.3 is 5.97 Å². The fraction of sp³-hybridized carbons (Fsp3) is 0.0800. The van der Waals surface area contributed by atoms with E-state index in [1.807, 2.05) is 67.6 Å². The highest BCUT2D eigenvalue weighted by Crippen LogP contribution is 2.32. The number of carbonyl (C=O) groups is 3. The fourth-order valence-electron chi connectivity index (χ4n) is 3.54. The number of carboxylic acid groups (broad SMARTS) is 1. The molecule has 0 bridgehead atoms. The van der Waals surface area contributed by atoms with E-state index in [-0.39, 0.29) is 11.2 Å². The van der Waals surface area contributed by atoms with Crippen molar-refractivity contribution in [3.8, 4) is 0 Å². The first-order chi connectivity index (χ1) is 15.4. The van der Waals surface area contributed by atoms with Crippen LogP contribution >= 0.6 is 11.8 Å². The van der Waals surface area contributed by atoms with Crippen molar-refractivity contribution in [2.24, 2.45) is 0 Å². The smallest absolute Gasteiger partial charge is 0.328 e. The number of aromatic nitrogens is 1. The van der Waals surface area contributed by atoms with Crippen molar-refractivity contribution < 1.29 is 19.5 Å². The van der Waals surface area contributed by atoms with E-state index in [1.54, 1.807) is 16.7 Å². The summed E-state index contributed by atoms with van der Waals surface area (Å²) in [6.45, 7) is 1.88. The lowest BCUT2D eigenvalue weighted by Gasteiger charge is -2.13. The van der Waals surface area contributed by atoms with Crippen molar-refractivity contribution in [1.29, 1.82) is 0 Å². The standard InChI is InChI=1S/C25H20N2O4S/c1-16(32-18-12-10-17(11-13-18)26-23(28)14-15-24(29)30)25(31)27-21-8-4-2-6-19(21)20-7-3-5-9-22(20)27/h2-16H,1H3,(H,26,28)(H,29,30)/b15-14+. The molecule has 1 aromatic heterocycles. The van der Waals surface area contributed by atoms with E-state index in [0.717, 1.165) is 38.9 Å². The number of amides is 1. The monoisotopic (exact) mass is 444 g/mol. The number of para-hydroxylation sites is 2. The number of carboxylic acids is 1. The molecule has 7 heteroatoms. The summed E-state index contributed by atoms with van der Waals surface area (Å²) in [5.41, 5.74) is 2.31. The number of fused-ring (bicyclic) bond motifs is 3. The molecule has 0 aliphatic heterocycles. The number of nitrogens with one attached hydrogen (secondary N) is 1. The lowest BCUT2D eigenvalue weighted by molar-refractivity contribution is -0.131. The van der Waals surface area contributed by atoms with E-state index in [4.69, 9.17) is 5.11 Å². The molecule has 1 unspecified atom stereocenters. The summed E-state index contributed by atoms with van der Waals surface area (Å²) in [6.07, 6.45) is 1.74. The van der Waals surface area contributed by atoms with Crippen LogP contribution in [0.5, 0.6) is 0 Å². The molecule has 0 aliphatic rings. The normalized spacial score (nSPS) is 12.3. The highest BCUT2D eigenvalue weighted by molar-refractivity contribution is 8.00. The first-order valence-corrected chi connectivity index (χ1v) is 10.8. The molecule has 3 aromatic carbocycles. The van der Waals surface area contributed by atoms with E-state index < -0.39 is 11.9 Å². The molecule has 0 radical (unpaired) electrons. The number of anilines is 1. The molecule has 0 spiro atoms. The fourth-order valence-corrected chi connectivity index (χ4v) is 4.45. The Labute approximate surface area is 188 Å². The summed E-state index contributed by atoms with van der Waals surface area (Å²) in [5, 5.41) is 12.9. The van der Waals surface area contributed by atoms with Crippen LogP contribution in [0.1, 0.15) is 11.7 Å². The van der Waals surface area contributed by atoms with Gasteiger partial charge in [-0.1, -0.05) is 36.4 Å². The molecule has 0 fully saturated rings. The van der Waals surface area contributed by atoms with Crippen molar-refractivity contribution >= 4 is 57.0 Å². The van der Waals surface area contributed by atoms with Crippen LogP contribution in [0.4, 0.5) is 5.69 Å². The van der Waals surface area contributed by atoms with Gasteiger partial charge in [0.15, 0.2) is 0 Å². The number of carbonyl (C=O) groups excluding carboxylic acids is 2. The lowest BCUT2D eigenvalue weighted by Crippen LogP contribution is -2.21. The zero-order chi connectivity index (χ0) is 22.7. The zero-order valence-corrected chi connectivity index (χ0v) is 18.0. The van der Waals surface area contributed by atoms with Gasteiger partial charge in [0.25, 0.3) is 0 Å². The summed E-state index contributed by atoms with van der Waals surface area (Å²) < 4.78 is 1.78. The third kappa shape index (κ3) is 4.43. The Hall–Kier alpha value is -3.84. The molecule has 0 aliphatic carbocycles. The minimum atomic E-state index is -1.19. The summed E-state index contributed by atoms with van der Waals surface area (Å²) in [4.78, 5) is 36.5. The van der Waals surface area contributed by atoms with Gasteiger partial charge in [0.05, 0.1) is 16.3 Å². The Kier molecular flexibility index (Phi) is 6.09. The van der Waals surface area contributed by atoms with Gasteiger partial charge in [-0.15, -0.1) is 11.8 Å². The number of thioether (sulfide) groups is 1. The van der Waals surface area contributed by atoms with Crippen LogP contribution in [0.3, 0.4) is 0 Å². The highest BCUT2D eigenvalue weighted by Gasteiger charge is 2.21. The molecule has 1 amide bonds. The van der Waals surface area contributed by atoms with E-state index in [2.05, 4.69) is 5.32 Å². The molecule has 32 heavy (non-hydrogen) atoms. The number of hydrogen-bond donors (Lipinski definition) is 2. The second-order valence-electron chi connectivity index (χ2n) is 7.15. The Morgan fingerprint density at radius 1 is 0.875 bits per heavy atom. The number of aliphatic carboxylic acids is 1. The van der Waals surface area contributed by atoms with Crippen LogP contribution in [-0.2, 0) is 9.59 Å². The van der Waals surface area contributed by atoms with Crippen molar-refractivity contribution in [2.45, 2.75) is 17.1 Å². The molecule has 1 heterocycles. The summed E-state index contributed by atoms with van der Waals surface area (Å²) in [7, 11) is 0. The SMILES string of the molecule is CC(Sc1ccc(NC(=O)/C=C/C(=O)O)cc1)C(=O)n1c2ccccc2c2ccccc21. The Balaban J connectivity index is 1.52. The quantitative estimate of drug-likeness (QED) is 0.315. The van der Waals surface area contributed by atoms with Crippen LogP contribution in [0.15, 0.2) is 89.8 Å². The summed E-state index contributed by atoms with van der Waals surface area (Å²) in [5.74, 6) is -1.72. The van der Waals surface area contributed by atoms with Gasteiger partial charge < -0.3 is 10.4 Å². The third-order valence-corrected chi connectivity index (χ3v) is 6.06. The first-order valence-electron chi connectivity index (χ1n) is 9.95. The van der Waals surface area contributed by atoms with E-state index in [1.165, 1.54) is 11.8 Å². The Morgan fingerprint density at radius 3 is 2.00 bits per heavy atom. The molecular formula is C25H20N2O4S. The predicted molar refractivity (Wildman–Crippen MR) is 127 cm³/mol. The van der Waals surface area contributed by atoms with Crippen LogP contribution in [0, 0.1) is 0 Å². The Bertz CT molecular complexity index is 1300. The maximum Gasteiger partial charge on any atom is 0.328 e. The van der Waals surface area contributed by atoms with Gasteiger partial charge in [-0.25, -0.2) is 4.79 Å². The number of nitrogens with zero attached hydrogens (tertiary/aromatic N) is 1. The molecule has 4 aromatic rings. The first kappa shape index (κ1) is 21.4. The third-order valence-electron chi connectivity index (χ3n) is 4.96. The average Bonchev–Trinajstić information content (AvgIpc) is 3.13. The van der Waals surface area contributed by atoms with Crippen molar-refractivity contribution in [3.05, 3.63) is 84.9 Å². The molecule has 160 valence electrons. The second kappa shape index (κ2) is 9.11. The maximum absolute atomic E-state index is 13.4. The molecule has 4 rings (SSSR count). The van der Waals surface area contributed by atoms with Gasteiger partial charge in [-0.05, 0) is 43.3 Å². The highest BCUT2D eigenvalue weighted by atomic mass is 32.2. The van der Waals surface area contributed by atoms with Crippen LogP contribution in [-0.4, -0.2) is 32.7 Å². The van der Waals surface area contributed by atoms with Crippen LogP contribution < -0.4 is 5.32 Å². The average molecular weight is 445 g/mol. The molecule has 0 saturated carbocycles. The summed E-state index contributed by atoms with van der Waals surface area (Å²) in [6, 6.07) is 22.8. The van der Waals surface area contributed by atoms with Crippen molar-refractivity contribution in [2.75, 3.05) is 5.32 Å². The number of benzene rings is 3. The largest absolute Gasteiger partial charge is 0.478 e. The van der Waals surface area contributed by atoms with Crippen molar-refractivity contribution in [1.82, 2.24) is 4.57 Å². The van der Waals surface area contributed by atoms with Crippen LogP contribution in [0.25, 0.3) is 21.8 Å². The van der Waals surface area contributed by atoms with Gasteiger partial charge in [-0.2, -0.15) is 0 Å². The molecule has 6 nitrogen and oxygen atoms in total. The van der Waals surface area contributed by atoms with Gasteiger partial charge in [-0.3, -0.25) is 14.2 Å². The minimum Gasteiger partial charge on any atom is -0.478 e. The maximum atomic E-state index is 13.4. The number of hydrogen-bond acceptors (Lipinski definition) is 4. The van der Waals surface area contributed by atoms with Gasteiger partial charge in [0.1, 0.15) is 0 Å². The second-order valence-corrected chi connectivity index (χ2v) is 8.57.